The van der Waals surface area contributed by atoms with Crippen LogP contribution in [0.1, 0.15) is 12.0 Å². The van der Waals surface area contributed by atoms with Gasteiger partial charge in [0.15, 0.2) is 6.04 Å². The van der Waals surface area contributed by atoms with E-state index >= 15 is 0 Å². The lowest BCUT2D eigenvalue weighted by atomic mass is 9.78. The summed E-state index contributed by atoms with van der Waals surface area (Å²) in [6, 6.07) is 8.63. The van der Waals surface area contributed by atoms with Crippen molar-refractivity contribution >= 4 is 40.4 Å². The summed E-state index contributed by atoms with van der Waals surface area (Å²) in [5, 5.41) is 2.67. The molecule has 1 aromatic carbocycles. The van der Waals surface area contributed by atoms with E-state index in [1.54, 1.807) is 12.2 Å². The molecular weight excluding hydrogens is 435 g/mol. The highest BCUT2D eigenvalue weighted by atomic mass is 127. The first kappa shape index (κ1) is 17.9. The minimum Gasteiger partial charge on any atom is -0.467 e. The van der Waals surface area contributed by atoms with Gasteiger partial charge in [0.25, 0.3) is 11.8 Å². The number of halogens is 1. The Kier molecular flexibility index (Phi) is 5.12. The molecule has 3 rings (SSSR count). The molecule has 0 aromatic heterocycles. The Labute approximate surface area is 159 Å². The molecule has 6 nitrogen and oxygen atoms in total. The number of nitrogens with zero attached hydrogens (tertiary/aromatic N) is 2. The second kappa shape index (κ2) is 7.15. The van der Waals surface area contributed by atoms with Gasteiger partial charge in [0.2, 0.25) is 0 Å². The van der Waals surface area contributed by atoms with Crippen LogP contribution in [0, 0.1) is 5.41 Å². The number of carbonyl (C=O) groups is 3. The van der Waals surface area contributed by atoms with Crippen LogP contribution in [0.3, 0.4) is 0 Å². The summed E-state index contributed by atoms with van der Waals surface area (Å²) in [6.45, 7) is 0.288. The summed E-state index contributed by atoms with van der Waals surface area (Å²) in [5.74, 6) is -1.11. The fourth-order valence-electron chi connectivity index (χ4n) is 3.44. The smallest absolute Gasteiger partial charge is 0.334 e. The molecule has 0 radical (unpaired) electrons. The van der Waals surface area contributed by atoms with Gasteiger partial charge in [-0.2, -0.15) is 0 Å². The molecule has 2 aliphatic rings. The first-order valence-electron chi connectivity index (χ1n) is 8.05. The number of benzene rings is 1. The van der Waals surface area contributed by atoms with Crippen LogP contribution in [-0.2, 0) is 25.5 Å². The minimum absolute atomic E-state index is 0.240. The zero-order valence-corrected chi connectivity index (χ0v) is 16.0. The van der Waals surface area contributed by atoms with E-state index in [0.717, 1.165) is 5.56 Å². The van der Waals surface area contributed by atoms with Gasteiger partial charge >= 0.3 is 5.97 Å². The summed E-state index contributed by atoms with van der Waals surface area (Å²) >= 11 is 2.18. The normalized spacial score (nSPS) is 25.3. The number of carbonyl (C=O) groups excluding carboxylic acids is 3. The number of esters is 1. The van der Waals surface area contributed by atoms with Gasteiger partial charge in [0.05, 0.1) is 13.7 Å². The molecule has 25 heavy (non-hydrogen) atoms. The van der Waals surface area contributed by atoms with E-state index in [0.29, 0.717) is 17.3 Å². The maximum Gasteiger partial charge on any atom is 0.334 e. The Hall–Kier alpha value is -1.90. The number of hydrogen-bond acceptors (Lipinski definition) is 4. The Bertz CT molecular complexity index is 721. The summed E-state index contributed by atoms with van der Waals surface area (Å²) in [4.78, 5) is 38.6. The largest absolute Gasteiger partial charge is 0.467 e. The van der Waals surface area contributed by atoms with E-state index in [4.69, 9.17) is 4.74 Å². The number of rotatable bonds is 5. The van der Waals surface area contributed by atoms with Crippen LogP contribution in [-0.4, -0.2) is 51.9 Å². The Morgan fingerprint density at radius 2 is 2.00 bits per heavy atom. The van der Waals surface area contributed by atoms with Gasteiger partial charge < -0.3 is 4.74 Å². The topological polar surface area (TPSA) is 66.9 Å². The van der Waals surface area contributed by atoms with Crippen molar-refractivity contribution in [2.24, 2.45) is 5.41 Å². The van der Waals surface area contributed by atoms with Crippen LogP contribution in [0.25, 0.3) is 0 Å². The quantitative estimate of drug-likeness (QED) is 0.224. The average molecular weight is 454 g/mol. The van der Waals surface area contributed by atoms with Gasteiger partial charge in [-0.1, -0.05) is 65.1 Å². The van der Waals surface area contributed by atoms with E-state index in [9.17, 15) is 14.4 Å². The van der Waals surface area contributed by atoms with Crippen molar-refractivity contribution in [2.45, 2.75) is 18.9 Å². The van der Waals surface area contributed by atoms with Crippen molar-refractivity contribution in [2.75, 3.05) is 18.1 Å². The van der Waals surface area contributed by atoms with Crippen molar-refractivity contribution in [3.8, 4) is 0 Å². The molecular formula is C18H19IN2O4. The monoisotopic (exact) mass is 454 g/mol. The molecule has 2 amide bonds. The van der Waals surface area contributed by atoms with Crippen LogP contribution >= 0.6 is 22.6 Å². The van der Waals surface area contributed by atoms with Crippen LogP contribution in [0.5, 0.6) is 0 Å². The zero-order valence-electron chi connectivity index (χ0n) is 13.9. The third kappa shape index (κ3) is 2.94. The fraction of sp³-hybridized carbons (Fsp3) is 0.389. The number of hydrazine groups is 1. The lowest BCUT2D eigenvalue weighted by Gasteiger charge is -2.33. The third-order valence-corrected chi connectivity index (χ3v) is 5.23. The van der Waals surface area contributed by atoms with Gasteiger partial charge in [-0.15, -0.1) is 0 Å². The first-order chi connectivity index (χ1) is 12.0. The highest BCUT2D eigenvalue weighted by Gasteiger charge is 2.60. The molecule has 0 spiro atoms. The molecule has 1 aromatic rings. The van der Waals surface area contributed by atoms with E-state index < -0.39 is 17.4 Å². The summed E-state index contributed by atoms with van der Waals surface area (Å²) in [5.41, 5.74) is -0.237. The van der Waals surface area contributed by atoms with Crippen LogP contribution < -0.4 is 0 Å². The number of methoxy groups -OCH3 is 1. The molecule has 2 unspecified atom stereocenters. The third-order valence-electron chi connectivity index (χ3n) is 4.69. The van der Waals surface area contributed by atoms with Gasteiger partial charge in [0, 0.05) is 4.43 Å². The van der Waals surface area contributed by atoms with Gasteiger partial charge in [-0.05, 0) is 18.4 Å². The average Bonchev–Trinajstić information content (AvgIpc) is 2.84. The maximum atomic E-state index is 13.3. The van der Waals surface area contributed by atoms with Crippen LogP contribution in [0.4, 0.5) is 0 Å². The van der Waals surface area contributed by atoms with E-state index in [-0.39, 0.29) is 18.4 Å². The predicted octanol–water partition coefficient (Wildman–Crippen LogP) is 1.74. The van der Waals surface area contributed by atoms with Gasteiger partial charge in [0.1, 0.15) is 5.41 Å². The van der Waals surface area contributed by atoms with Crippen LogP contribution in [0.2, 0.25) is 0 Å². The first-order valence-corrected chi connectivity index (χ1v) is 9.57. The lowest BCUT2D eigenvalue weighted by molar-refractivity contribution is -0.163. The van der Waals surface area contributed by atoms with E-state index in [2.05, 4.69) is 22.6 Å². The number of amides is 2. The lowest BCUT2D eigenvalue weighted by Crippen LogP contribution is -2.52. The summed E-state index contributed by atoms with van der Waals surface area (Å²) in [6.07, 6.45) is 4.11. The highest BCUT2D eigenvalue weighted by molar-refractivity contribution is 14.1. The summed E-state index contributed by atoms with van der Waals surface area (Å²) in [7, 11) is 1.28. The summed E-state index contributed by atoms with van der Waals surface area (Å²) < 4.78 is 5.47. The molecule has 0 aliphatic carbocycles. The fourth-order valence-corrected chi connectivity index (χ4v) is 4.36. The predicted molar refractivity (Wildman–Crippen MR) is 99.6 cm³/mol. The van der Waals surface area contributed by atoms with Crippen molar-refractivity contribution in [1.82, 2.24) is 10.0 Å². The Morgan fingerprint density at radius 1 is 1.28 bits per heavy atom. The molecule has 1 fully saturated rings. The van der Waals surface area contributed by atoms with Crippen molar-refractivity contribution in [3.05, 3.63) is 48.0 Å². The number of ether oxygens (including phenoxy) is 1. The standard InChI is InChI=1S/C18H19IN2O4/c1-25-15(22)14-8-5-11-20-16(23)18(9-10-19,17(24)21(14)20)12-13-6-3-2-4-7-13/h2-8,14H,9-12H2,1H3. The second-order valence-corrected chi connectivity index (χ2v) is 7.20. The molecule has 2 heterocycles. The minimum atomic E-state index is -1.17. The Balaban J connectivity index is 2.01. The van der Waals surface area contributed by atoms with E-state index in [1.807, 2.05) is 30.3 Å². The van der Waals surface area contributed by atoms with E-state index in [1.165, 1.54) is 17.1 Å². The second-order valence-electron chi connectivity index (χ2n) is 6.12. The van der Waals surface area contributed by atoms with Crippen molar-refractivity contribution in [3.63, 3.8) is 0 Å². The van der Waals surface area contributed by atoms with Crippen LogP contribution in [0.15, 0.2) is 42.5 Å². The molecule has 2 aliphatic heterocycles. The molecule has 1 saturated heterocycles. The van der Waals surface area contributed by atoms with Gasteiger partial charge in [-0.25, -0.2) is 14.8 Å². The molecule has 0 bridgehead atoms. The molecule has 0 saturated carbocycles. The van der Waals surface area contributed by atoms with Crippen molar-refractivity contribution < 1.29 is 19.1 Å². The highest BCUT2D eigenvalue weighted by Crippen LogP contribution is 2.41. The van der Waals surface area contributed by atoms with Crippen molar-refractivity contribution in [1.29, 1.82) is 0 Å². The molecule has 7 heteroatoms. The molecule has 0 N–H and O–H groups in total. The maximum absolute atomic E-state index is 13.3. The van der Waals surface area contributed by atoms with Gasteiger partial charge in [-0.3, -0.25) is 9.59 Å². The SMILES string of the molecule is COC(=O)C1C=CCN2C(=O)C(CCI)(Cc3ccccc3)C(=O)N12. The number of alkyl halides is 1. The zero-order chi connectivity index (χ0) is 18.0. The molecule has 132 valence electrons. The molecule has 2 atom stereocenters. The number of fused-ring (bicyclic) bond motifs is 1. The Morgan fingerprint density at radius 3 is 2.64 bits per heavy atom. The number of hydrogen-bond donors (Lipinski definition) is 0.